The fourth-order valence-corrected chi connectivity index (χ4v) is 4.46. The molecule has 0 saturated carbocycles. The van der Waals surface area contributed by atoms with Gasteiger partial charge in [-0.1, -0.05) is 48.5 Å². The fourth-order valence-electron chi connectivity index (χ4n) is 4.46. The van der Waals surface area contributed by atoms with Gasteiger partial charge in [0.1, 0.15) is 11.4 Å². The minimum Gasteiger partial charge on any atom is -0.496 e. The summed E-state index contributed by atoms with van der Waals surface area (Å²) in [5, 5.41) is 8.04. The summed E-state index contributed by atoms with van der Waals surface area (Å²) in [7, 11) is 4.70. The van der Waals surface area contributed by atoms with E-state index < -0.39 is 0 Å². The molecule has 8 nitrogen and oxygen atoms in total. The largest absolute Gasteiger partial charge is 0.496 e. The zero-order valence-corrected chi connectivity index (χ0v) is 20.9. The second-order valence-corrected chi connectivity index (χ2v) is 8.53. The van der Waals surface area contributed by atoms with Gasteiger partial charge in [0.2, 0.25) is 0 Å². The number of amides is 1. The predicted octanol–water partition coefficient (Wildman–Crippen LogP) is 5.04. The van der Waals surface area contributed by atoms with E-state index in [1.165, 1.54) is 5.56 Å². The van der Waals surface area contributed by atoms with Crippen LogP contribution in [0.1, 0.15) is 21.6 Å². The van der Waals surface area contributed by atoms with Gasteiger partial charge < -0.3 is 24.5 Å². The Kier molecular flexibility index (Phi) is 6.81. The lowest BCUT2D eigenvalue weighted by atomic mass is 9.98. The molecule has 0 aliphatic carbocycles. The van der Waals surface area contributed by atoms with Gasteiger partial charge in [0.05, 0.1) is 33.4 Å². The SMILES string of the molecule is COc1cc(OC)c2cc(C(=O)NCc3ccccc3-c3ccc(Cn4cccn4)cc3)[nH]c2c1OC. The molecule has 0 radical (unpaired) electrons. The molecule has 3 aromatic carbocycles. The van der Waals surface area contributed by atoms with Crippen LogP contribution in [0.4, 0.5) is 0 Å². The van der Waals surface area contributed by atoms with Gasteiger partial charge in [0.15, 0.2) is 11.5 Å². The Bertz CT molecular complexity index is 1520. The van der Waals surface area contributed by atoms with Crippen LogP contribution in [-0.4, -0.2) is 42.0 Å². The summed E-state index contributed by atoms with van der Waals surface area (Å²) >= 11 is 0. The molecule has 37 heavy (non-hydrogen) atoms. The molecule has 0 saturated heterocycles. The van der Waals surface area contributed by atoms with Crippen molar-refractivity contribution in [3.05, 3.63) is 95.9 Å². The van der Waals surface area contributed by atoms with Gasteiger partial charge in [-0.15, -0.1) is 0 Å². The Hall–Kier alpha value is -4.72. The molecule has 2 aromatic heterocycles. The molecule has 2 N–H and O–H groups in total. The van der Waals surface area contributed by atoms with Crippen LogP contribution in [0.25, 0.3) is 22.0 Å². The number of H-pyrrole nitrogens is 1. The summed E-state index contributed by atoms with van der Waals surface area (Å²) in [4.78, 5) is 16.3. The van der Waals surface area contributed by atoms with Gasteiger partial charge in [0.25, 0.3) is 5.91 Å². The van der Waals surface area contributed by atoms with E-state index in [0.717, 1.165) is 28.6 Å². The van der Waals surface area contributed by atoms with Gasteiger partial charge in [0, 0.05) is 30.4 Å². The monoisotopic (exact) mass is 496 g/mol. The maximum absolute atomic E-state index is 13.1. The van der Waals surface area contributed by atoms with Crippen molar-refractivity contribution in [3.8, 4) is 28.4 Å². The molecule has 188 valence electrons. The average molecular weight is 497 g/mol. The van der Waals surface area contributed by atoms with E-state index in [1.54, 1.807) is 39.7 Å². The maximum atomic E-state index is 13.1. The fraction of sp³-hybridized carbons (Fsp3) is 0.172. The third-order valence-electron chi connectivity index (χ3n) is 6.31. The average Bonchev–Trinajstić information content (AvgIpc) is 3.62. The minimum absolute atomic E-state index is 0.233. The zero-order valence-electron chi connectivity index (χ0n) is 20.9. The van der Waals surface area contributed by atoms with Crippen molar-refractivity contribution >= 4 is 16.8 Å². The maximum Gasteiger partial charge on any atom is 0.268 e. The summed E-state index contributed by atoms with van der Waals surface area (Å²) in [6.45, 7) is 1.09. The molecular formula is C29H28N4O4. The number of nitrogens with zero attached hydrogens (tertiary/aromatic N) is 2. The lowest BCUT2D eigenvalue weighted by molar-refractivity contribution is 0.0947. The van der Waals surface area contributed by atoms with Crippen LogP contribution < -0.4 is 19.5 Å². The van der Waals surface area contributed by atoms with E-state index in [1.807, 2.05) is 35.1 Å². The van der Waals surface area contributed by atoms with Gasteiger partial charge in [-0.05, 0) is 34.4 Å². The van der Waals surface area contributed by atoms with E-state index in [9.17, 15) is 4.79 Å². The number of aromatic nitrogens is 3. The molecule has 1 amide bonds. The van der Waals surface area contributed by atoms with Crippen molar-refractivity contribution in [3.63, 3.8) is 0 Å². The first-order valence-electron chi connectivity index (χ1n) is 11.9. The molecule has 0 atom stereocenters. The Morgan fingerprint density at radius 1 is 0.946 bits per heavy atom. The Labute approximate surface area is 214 Å². The van der Waals surface area contributed by atoms with E-state index in [-0.39, 0.29) is 5.91 Å². The summed E-state index contributed by atoms with van der Waals surface area (Å²) < 4.78 is 18.3. The van der Waals surface area contributed by atoms with Crippen LogP contribution in [-0.2, 0) is 13.1 Å². The van der Waals surface area contributed by atoms with E-state index in [2.05, 4.69) is 45.7 Å². The Morgan fingerprint density at radius 3 is 2.43 bits per heavy atom. The highest BCUT2D eigenvalue weighted by Crippen LogP contribution is 2.41. The van der Waals surface area contributed by atoms with E-state index in [4.69, 9.17) is 14.2 Å². The highest BCUT2D eigenvalue weighted by atomic mass is 16.5. The van der Waals surface area contributed by atoms with Crippen molar-refractivity contribution in [2.75, 3.05) is 21.3 Å². The van der Waals surface area contributed by atoms with Crippen molar-refractivity contribution in [1.29, 1.82) is 0 Å². The number of aromatic amines is 1. The van der Waals surface area contributed by atoms with Crippen molar-refractivity contribution in [2.24, 2.45) is 0 Å². The predicted molar refractivity (Wildman–Crippen MR) is 142 cm³/mol. The number of hydrogen-bond donors (Lipinski definition) is 2. The Morgan fingerprint density at radius 2 is 1.73 bits per heavy atom. The smallest absolute Gasteiger partial charge is 0.268 e. The molecule has 2 heterocycles. The zero-order chi connectivity index (χ0) is 25.8. The first-order valence-corrected chi connectivity index (χ1v) is 11.9. The highest BCUT2D eigenvalue weighted by molar-refractivity contribution is 6.02. The third kappa shape index (κ3) is 4.86. The molecule has 0 unspecified atom stereocenters. The number of benzene rings is 3. The number of hydrogen-bond acceptors (Lipinski definition) is 5. The Balaban J connectivity index is 1.35. The lowest BCUT2D eigenvalue weighted by Gasteiger charge is -2.12. The summed E-state index contributed by atoms with van der Waals surface area (Å²) in [6.07, 6.45) is 3.72. The van der Waals surface area contributed by atoms with Crippen LogP contribution in [0.2, 0.25) is 0 Å². The van der Waals surface area contributed by atoms with Gasteiger partial charge in [-0.25, -0.2) is 0 Å². The van der Waals surface area contributed by atoms with Crippen LogP contribution in [0.3, 0.4) is 0 Å². The number of rotatable bonds is 9. The number of ether oxygens (including phenoxy) is 3. The van der Waals surface area contributed by atoms with Gasteiger partial charge >= 0.3 is 0 Å². The number of nitrogens with one attached hydrogen (secondary N) is 2. The van der Waals surface area contributed by atoms with Gasteiger partial charge in [-0.2, -0.15) is 5.10 Å². The highest BCUT2D eigenvalue weighted by Gasteiger charge is 2.19. The molecule has 0 bridgehead atoms. The minimum atomic E-state index is -0.233. The second-order valence-electron chi connectivity index (χ2n) is 8.53. The summed E-state index contributed by atoms with van der Waals surface area (Å²) in [6, 6.07) is 21.9. The van der Waals surface area contributed by atoms with E-state index >= 15 is 0 Å². The number of carbonyl (C=O) groups is 1. The topological polar surface area (TPSA) is 90.4 Å². The second kappa shape index (κ2) is 10.5. The molecule has 8 heteroatoms. The van der Waals surface area contributed by atoms with Crippen LogP contribution in [0, 0.1) is 0 Å². The van der Waals surface area contributed by atoms with E-state index in [0.29, 0.717) is 35.0 Å². The van der Waals surface area contributed by atoms with Crippen LogP contribution in [0.5, 0.6) is 17.2 Å². The van der Waals surface area contributed by atoms with Crippen molar-refractivity contribution in [2.45, 2.75) is 13.1 Å². The van der Waals surface area contributed by atoms with Crippen LogP contribution >= 0.6 is 0 Å². The molecule has 5 rings (SSSR count). The number of fused-ring (bicyclic) bond motifs is 1. The third-order valence-corrected chi connectivity index (χ3v) is 6.31. The van der Waals surface area contributed by atoms with Crippen molar-refractivity contribution in [1.82, 2.24) is 20.1 Å². The lowest BCUT2D eigenvalue weighted by Crippen LogP contribution is -2.23. The number of methoxy groups -OCH3 is 3. The summed E-state index contributed by atoms with van der Waals surface area (Å²) in [5.74, 6) is 1.39. The molecule has 0 aliphatic rings. The quantitative estimate of drug-likeness (QED) is 0.299. The first kappa shape index (κ1) is 24.0. The van der Waals surface area contributed by atoms with Crippen molar-refractivity contribution < 1.29 is 19.0 Å². The molecule has 0 fully saturated rings. The molecular weight excluding hydrogens is 468 g/mol. The summed E-state index contributed by atoms with van der Waals surface area (Å²) in [5.41, 5.74) is 5.38. The molecule has 5 aromatic rings. The van der Waals surface area contributed by atoms with Crippen LogP contribution in [0.15, 0.2) is 79.1 Å². The first-order chi connectivity index (χ1) is 18.1. The standard InChI is InChI=1S/C29H28N4O4/c1-35-25-16-26(36-2)28(37-3)27-23(25)15-24(32-27)29(34)30-17-21-7-4-5-8-22(21)20-11-9-19(10-12-20)18-33-14-6-13-31-33/h4-16,32H,17-18H2,1-3H3,(H,30,34). The number of carbonyl (C=O) groups excluding carboxylic acids is 1. The normalized spacial score (nSPS) is 10.9. The molecule has 0 spiro atoms. The molecule has 0 aliphatic heterocycles. The van der Waals surface area contributed by atoms with Gasteiger partial charge in [-0.3, -0.25) is 9.48 Å².